The molecule has 0 aliphatic carbocycles. The first-order chi connectivity index (χ1) is 5.54. The van der Waals surface area contributed by atoms with E-state index in [0.717, 1.165) is 0 Å². The fraction of sp³-hybridized carbons (Fsp3) is 0.286. The highest BCUT2D eigenvalue weighted by Gasteiger charge is 2.18. The molecule has 0 radical (unpaired) electrons. The first-order valence-electron chi connectivity index (χ1n) is 3.12. The van der Waals surface area contributed by atoms with Gasteiger partial charge in [-0.05, 0) is 12.5 Å². The Balaban J connectivity index is 3.33. The van der Waals surface area contributed by atoms with Gasteiger partial charge in [-0.2, -0.15) is 0 Å². The summed E-state index contributed by atoms with van der Waals surface area (Å²) in [5.41, 5.74) is -0.679. The molecule has 12 heavy (non-hydrogen) atoms. The van der Waals surface area contributed by atoms with Crippen LogP contribution in [0.5, 0.6) is 0 Å². The Kier molecular flexibility index (Phi) is 2.57. The van der Waals surface area contributed by atoms with Crippen molar-refractivity contribution in [1.29, 1.82) is 0 Å². The molecule has 0 spiro atoms. The van der Waals surface area contributed by atoms with Gasteiger partial charge < -0.3 is 0 Å². The molecule has 0 aliphatic rings. The number of hydrogen-bond donors (Lipinski definition) is 0. The molecule has 0 saturated carbocycles. The fourth-order valence-electron chi connectivity index (χ4n) is 0.838. The lowest BCUT2D eigenvalue weighted by molar-refractivity contribution is 0.145. The number of aromatic nitrogens is 1. The average molecular weight is 196 g/mol. The number of nitrogens with zero attached hydrogens (tertiary/aromatic N) is 1. The minimum Gasteiger partial charge on any atom is -0.241 e. The van der Waals surface area contributed by atoms with Crippen LogP contribution >= 0.6 is 11.6 Å². The monoisotopic (exact) mass is 195 g/mol. The maximum Gasteiger partial charge on any atom is 0.267 e. The van der Waals surface area contributed by atoms with Crippen LogP contribution in [0.4, 0.5) is 13.2 Å². The third-order valence-corrected chi connectivity index (χ3v) is 1.86. The molecule has 1 rings (SSSR count). The van der Waals surface area contributed by atoms with Gasteiger partial charge in [0, 0.05) is 0 Å². The molecule has 66 valence electrons. The van der Waals surface area contributed by atoms with Crippen LogP contribution in [0.3, 0.4) is 0 Å². The van der Waals surface area contributed by atoms with Crippen molar-refractivity contribution >= 4 is 11.6 Å². The Hall–Kier alpha value is -0.770. The molecule has 0 unspecified atom stereocenters. The van der Waals surface area contributed by atoms with E-state index < -0.39 is 17.8 Å². The second kappa shape index (κ2) is 3.31. The Bertz CT molecular complexity index is 301. The van der Waals surface area contributed by atoms with Gasteiger partial charge >= 0.3 is 0 Å². The standard InChI is InChI=1S/C7H5ClF3N/c1-3-5(7(10)11)4(9)2-12-6(3)8/h2,7H,1H3. The zero-order chi connectivity index (χ0) is 9.30. The molecule has 0 N–H and O–H groups in total. The molecule has 5 heteroatoms. The number of rotatable bonds is 1. The van der Waals surface area contributed by atoms with E-state index in [2.05, 4.69) is 4.98 Å². The first kappa shape index (κ1) is 9.32. The molecule has 0 atom stereocenters. The van der Waals surface area contributed by atoms with Crippen molar-refractivity contribution in [3.8, 4) is 0 Å². The normalized spacial score (nSPS) is 10.8. The molecule has 0 saturated heterocycles. The summed E-state index contributed by atoms with van der Waals surface area (Å²) in [6.07, 6.45) is -2.16. The minimum atomic E-state index is -2.86. The maximum atomic E-state index is 12.7. The van der Waals surface area contributed by atoms with E-state index >= 15 is 0 Å². The van der Waals surface area contributed by atoms with Crippen LogP contribution in [0.1, 0.15) is 17.6 Å². The van der Waals surface area contributed by atoms with Gasteiger partial charge in [-0.15, -0.1) is 0 Å². The third kappa shape index (κ3) is 1.53. The van der Waals surface area contributed by atoms with Crippen molar-refractivity contribution in [2.24, 2.45) is 0 Å². The lowest BCUT2D eigenvalue weighted by Gasteiger charge is -2.05. The van der Waals surface area contributed by atoms with E-state index in [1.165, 1.54) is 6.92 Å². The van der Waals surface area contributed by atoms with Crippen LogP contribution in [-0.2, 0) is 0 Å². The predicted molar refractivity (Wildman–Crippen MR) is 38.9 cm³/mol. The van der Waals surface area contributed by atoms with Gasteiger partial charge in [0.05, 0.1) is 11.8 Å². The smallest absolute Gasteiger partial charge is 0.241 e. The van der Waals surface area contributed by atoms with Crippen LogP contribution in [0.15, 0.2) is 6.20 Å². The highest BCUT2D eigenvalue weighted by molar-refractivity contribution is 6.30. The molecule has 1 aromatic rings. The van der Waals surface area contributed by atoms with Gasteiger partial charge in [0.2, 0.25) is 0 Å². The van der Waals surface area contributed by atoms with Gasteiger partial charge in [-0.25, -0.2) is 18.2 Å². The zero-order valence-electron chi connectivity index (χ0n) is 6.11. The van der Waals surface area contributed by atoms with Crippen molar-refractivity contribution < 1.29 is 13.2 Å². The van der Waals surface area contributed by atoms with Crippen LogP contribution in [-0.4, -0.2) is 4.98 Å². The Labute approximate surface area is 72.2 Å². The van der Waals surface area contributed by atoms with E-state index in [1.807, 2.05) is 0 Å². The van der Waals surface area contributed by atoms with Crippen molar-refractivity contribution in [1.82, 2.24) is 4.98 Å². The molecule has 0 amide bonds. The van der Waals surface area contributed by atoms with Gasteiger partial charge in [-0.3, -0.25) is 0 Å². The zero-order valence-corrected chi connectivity index (χ0v) is 6.87. The van der Waals surface area contributed by atoms with Crippen molar-refractivity contribution in [3.63, 3.8) is 0 Å². The summed E-state index contributed by atoms with van der Waals surface area (Å²) in [7, 11) is 0. The van der Waals surface area contributed by atoms with Crippen LogP contribution in [0, 0.1) is 12.7 Å². The topological polar surface area (TPSA) is 12.9 Å². The Morgan fingerprint density at radius 1 is 1.50 bits per heavy atom. The van der Waals surface area contributed by atoms with E-state index in [1.54, 1.807) is 0 Å². The summed E-state index contributed by atoms with van der Waals surface area (Å²) < 4.78 is 37.0. The van der Waals surface area contributed by atoms with Gasteiger partial charge in [-0.1, -0.05) is 11.6 Å². The van der Waals surface area contributed by atoms with Gasteiger partial charge in [0.25, 0.3) is 6.43 Å². The molecule has 0 aliphatic heterocycles. The van der Waals surface area contributed by atoms with Crippen LogP contribution < -0.4 is 0 Å². The Morgan fingerprint density at radius 3 is 2.50 bits per heavy atom. The van der Waals surface area contributed by atoms with Crippen LogP contribution in [0.2, 0.25) is 5.15 Å². The summed E-state index contributed by atoms with van der Waals surface area (Å²) in [5, 5.41) is -0.0910. The Morgan fingerprint density at radius 2 is 2.08 bits per heavy atom. The third-order valence-electron chi connectivity index (χ3n) is 1.48. The molecule has 1 aromatic heterocycles. The van der Waals surface area contributed by atoms with Crippen molar-refractivity contribution in [2.45, 2.75) is 13.3 Å². The summed E-state index contributed by atoms with van der Waals surface area (Å²) in [6.45, 7) is 1.31. The molecular formula is C7H5ClF3N. The number of hydrogen-bond acceptors (Lipinski definition) is 1. The fourth-order valence-corrected chi connectivity index (χ4v) is 0.988. The first-order valence-corrected chi connectivity index (χ1v) is 3.50. The lowest BCUT2D eigenvalue weighted by atomic mass is 10.1. The van der Waals surface area contributed by atoms with E-state index in [9.17, 15) is 13.2 Å². The highest BCUT2D eigenvalue weighted by atomic mass is 35.5. The van der Waals surface area contributed by atoms with Crippen molar-refractivity contribution in [2.75, 3.05) is 0 Å². The molecule has 0 fully saturated rings. The largest absolute Gasteiger partial charge is 0.267 e. The van der Waals surface area contributed by atoms with Crippen LogP contribution in [0.25, 0.3) is 0 Å². The summed E-state index contributed by atoms with van der Waals surface area (Å²) >= 11 is 5.42. The SMILES string of the molecule is Cc1c(Cl)ncc(F)c1C(F)F. The molecule has 0 bridgehead atoms. The molecule has 1 nitrogen and oxygen atoms in total. The predicted octanol–water partition coefficient (Wildman–Crippen LogP) is 3.12. The van der Waals surface area contributed by atoms with Gasteiger partial charge in [0.1, 0.15) is 5.15 Å². The molecule has 0 aromatic carbocycles. The van der Waals surface area contributed by atoms with Crippen molar-refractivity contribution in [3.05, 3.63) is 28.3 Å². The second-order valence-corrected chi connectivity index (χ2v) is 2.59. The van der Waals surface area contributed by atoms with E-state index in [0.29, 0.717) is 6.20 Å². The second-order valence-electron chi connectivity index (χ2n) is 2.24. The number of alkyl halides is 2. The lowest BCUT2D eigenvalue weighted by Crippen LogP contribution is -1.97. The molecule has 1 heterocycles. The van der Waals surface area contributed by atoms with E-state index in [4.69, 9.17) is 11.6 Å². The summed E-state index contributed by atoms with van der Waals surface area (Å²) in [6, 6.07) is 0. The van der Waals surface area contributed by atoms with E-state index in [-0.39, 0.29) is 10.7 Å². The summed E-state index contributed by atoms with van der Waals surface area (Å²) in [4.78, 5) is 3.38. The highest BCUT2D eigenvalue weighted by Crippen LogP contribution is 2.28. The average Bonchev–Trinajstić information content (AvgIpc) is 1.97. The maximum absolute atomic E-state index is 12.7. The summed E-state index contributed by atoms with van der Waals surface area (Å²) in [5.74, 6) is -1.02. The molecular weight excluding hydrogens is 191 g/mol. The minimum absolute atomic E-state index is 0.00772. The van der Waals surface area contributed by atoms with Gasteiger partial charge in [0.15, 0.2) is 5.82 Å². The number of pyridine rings is 1. The number of halogens is 4. The quantitative estimate of drug-likeness (QED) is 0.628.